The van der Waals surface area contributed by atoms with E-state index < -0.39 is 47.1 Å². The zero-order valence-electron chi connectivity index (χ0n) is 16.5. The van der Waals surface area contributed by atoms with E-state index in [4.69, 9.17) is 21.1 Å². The molecule has 2 rings (SSSR count). The van der Waals surface area contributed by atoms with Gasteiger partial charge in [-0.05, 0) is 33.8 Å². The van der Waals surface area contributed by atoms with Gasteiger partial charge >= 0.3 is 18.2 Å². The zero-order valence-corrected chi connectivity index (χ0v) is 17.2. The summed E-state index contributed by atoms with van der Waals surface area (Å²) in [5.41, 5.74) is -2.23. The standard InChI is InChI=1S/C18H23ClF3N3O4/c1-10(13-9-25(6-5-23-13)16(27)29-17(2,3)4)28-15(26)12-7-11(18(20,21)22)8-24-14(12)19/h7-8,10,13,23H,5-6,9H2,1-4H3/t10-,13?/m1/s1. The van der Waals surface area contributed by atoms with Crippen LogP contribution in [0.15, 0.2) is 12.3 Å². The van der Waals surface area contributed by atoms with E-state index in [9.17, 15) is 22.8 Å². The van der Waals surface area contributed by atoms with Gasteiger partial charge in [0.25, 0.3) is 0 Å². The van der Waals surface area contributed by atoms with Crippen molar-refractivity contribution >= 4 is 23.7 Å². The van der Waals surface area contributed by atoms with Crippen molar-refractivity contribution in [2.75, 3.05) is 19.6 Å². The van der Waals surface area contributed by atoms with E-state index in [0.29, 0.717) is 25.4 Å². The minimum absolute atomic E-state index is 0.206. The average Bonchev–Trinajstić information content (AvgIpc) is 2.59. The van der Waals surface area contributed by atoms with Crippen molar-refractivity contribution in [2.24, 2.45) is 0 Å². The highest BCUT2D eigenvalue weighted by Gasteiger charge is 2.34. The summed E-state index contributed by atoms with van der Waals surface area (Å²) in [5, 5.41) is 2.73. The maximum absolute atomic E-state index is 12.9. The number of nitrogens with one attached hydrogen (secondary N) is 1. The molecule has 1 aliphatic heterocycles. The van der Waals surface area contributed by atoms with Gasteiger partial charge in [-0.15, -0.1) is 0 Å². The smallest absolute Gasteiger partial charge is 0.417 e. The predicted molar refractivity (Wildman–Crippen MR) is 98.7 cm³/mol. The van der Waals surface area contributed by atoms with Crippen molar-refractivity contribution in [3.05, 3.63) is 28.5 Å². The Morgan fingerprint density at radius 2 is 2.00 bits per heavy atom. The lowest BCUT2D eigenvalue weighted by atomic mass is 10.1. The molecule has 0 aromatic carbocycles. The number of amides is 1. The molecule has 1 aliphatic rings. The second-order valence-corrected chi connectivity index (χ2v) is 8.02. The highest BCUT2D eigenvalue weighted by molar-refractivity contribution is 6.32. The molecule has 2 atom stereocenters. The molecule has 1 saturated heterocycles. The second-order valence-electron chi connectivity index (χ2n) is 7.66. The summed E-state index contributed by atoms with van der Waals surface area (Å²) in [7, 11) is 0. The lowest BCUT2D eigenvalue weighted by Gasteiger charge is -2.36. The first-order valence-electron chi connectivity index (χ1n) is 8.93. The summed E-state index contributed by atoms with van der Waals surface area (Å²) in [6.07, 6.45) is -5.37. The van der Waals surface area contributed by atoms with Crippen molar-refractivity contribution in [3.8, 4) is 0 Å². The van der Waals surface area contributed by atoms with Crippen molar-refractivity contribution in [2.45, 2.75) is 51.6 Å². The first kappa shape index (κ1) is 23.2. The van der Waals surface area contributed by atoms with Crippen LogP contribution in [-0.4, -0.2) is 59.3 Å². The van der Waals surface area contributed by atoms with E-state index in [2.05, 4.69) is 10.3 Å². The summed E-state index contributed by atoms with van der Waals surface area (Å²) in [5.74, 6) is -1.03. The van der Waals surface area contributed by atoms with Gasteiger partial charge in [0, 0.05) is 25.8 Å². The molecule has 1 N–H and O–H groups in total. The van der Waals surface area contributed by atoms with Crippen LogP contribution in [0, 0.1) is 0 Å². The number of hydrogen-bond acceptors (Lipinski definition) is 6. The molecule has 7 nitrogen and oxygen atoms in total. The number of nitrogens with zero attached hydrogens (tertiary/aromatic N) is 2. The van der Waals surface area contributed by atoms with E-state index in [1.54, 1.807) is 27.7 Å². The molecule has 0 bridgehead atoms. The Kier molecular flexibility index (Phi) is 7.00. The molecule has 29 heavy (non-hydrogen) atoms. The van der Waals surface area contributed by atoms with E-state index in [1.807, 2.05) is 0 Å². The van der Waals surface area contributed by atoms with Crippen LogP contribution in [-0.2, 0) is 15.7 Å². The molecule has 0 radical (unpaired) electrons. The molecule has 1 fully saturated rings. The number of ether oxygens (including phenoxy) is 2. The molecule has 0 spiro atoms. The Labute approximate surface area is 171 Å². The number of alkyl halides is 3. The summed E-state index contributed by atoms with van der Waals surface area (Å²) < 4.78 is 49.2. The van der Waals surface area contributed by atoms with Gasteiger partial charge in [0.1, 0.15) is 16.9 Å². The third-order valence-corrected chi connectivity index (χ3v) is 4.40. The number of aromatic nitrogens is 1. The summed E-state index contributed by atoms with van der Waals surface area (Å²) in [6, 6.07) is 0.170. The number of rotatable bonds is 3. The van der Waals surface area contributed by atoms with Crippen LogP contribution in [0.3, 0.4) is 0 Å². The van der Waals surface area contributed by atoms with Crippen molar-refractivity contribution in [3.63, 3.8) is 0 Å². The topological polar surface area (TPSA) is 80.8 Å². The van der Waals surface area contributed by atoms with E-state index in [0.717, 1.165) is 0 Å². The van der Waals surface area contributed by atoms with E-state index >= 15 is 0 Å². The van der Waals surface area contributed by atoms with Crippen LogP contribution in [0.4, 0.5) is 18.0 Å². The van der Waals surface area contributed by atoms with Gasteiger partial charge in [-0.25, -0.2) is 14.6 Å². The number of hydrogen-bond donors (Lipinski definition) is 1. The molecule has 1 aromatic heterocycles. The predicted octanol–water partition coefficient (Wildman–Crippen LogP) is 3.51. The Hall–Kier alpha value is -2.07. The van der Waals surface area contributed by atoms with Crippen LogP contribution < -0.4 is 5.32 Å². The molecule has 2 heterocycles. The van der Waals surface area contributed by atoms with Crippen LogP contribution in [0.25, 0.3) is 0 Å². The molecule has 1 amide bonds. The molecular weight excluding hydrogens is 415 g/mol. The molecule has 162 valence electrons. The monoisotopic (exact) mass is 437 g/mol. The van der Waals surface area contributed by atoms with Gasteiger partial charge in [-0.3, -0.25) is 0 Å². The molecule has 11 heteroatoms. The lowest BCUT2D eigenvalue weighted by molar-refractivity contribution is -0.137. The van der Waals surface area contributed by atoms with Crippen molar-refractivity contribution in [1.82, 2.24) is 15.2 Å². The minimum atomic E-state index is -4.67. The summed E-state index contributed by atoms with van der Waals surface area (Å²) in [6.45, 7) is 7.89. The van der Waals surface area contributed by atoms with Gasteiger partial charge in [0.05, 0.1) is 17.2 Å². The summed E-state index contributed by atoms with van der Waals surface area (Å²) in [4.78, 5) is 29.5. The number of carbonyl (C=O) groups is 2. The number of halogens is 4. The number of esters is 1. The average molecular weight is 438 g/mol. The SMILES string of the molecule is C[C@@H](OC(=O)c1cc(C(F)(F)F)cnc1Cl)C1CN(C(=O)OC(C)(C)C)CCN1. The van der Waals surface area contributed by atoms with Gasteiger partial charge in [0.2, 0.25) is 0 Å². The highest BCUT2D eigenvalue weighted by atomic mass is 35.5. The third kappa shape index (κ3) is 6.46. The quantitative estimate of drug-likeness (QED) is 0.575. The Morgan fingerprint density at radius 3 is 2.59 bits per heavy atom. The lowest BCUT2D eigenvalue weighted by Crippen LogP contribution is -2.57. The molecule has 1 aromatic rings. The fourth-order valence-electron chi connectivity index (χ4n) is 2.65. The normalized spacial score (nSPS) is 18.9. The molecule has 1 unspecified atom stereocenters. The van der Waals surface area contributed by atoms with Gasteiger partial charge in [0.15, 0.2) is 0 Å². The number of pyridine rings is 1. The van der Waals surface area contributed by atoms with Crippen molar-refractivity contribution in [1.29, 1.82) is 0 Å². The van der Waals surface area contributed by atoms with Crippen LogP contribution in [0.5, 0.6) is 0 Å². The number of carbonyl (C=O) groups excluding carboxylic acids is 2. The Morgan fingerprint density at radius 1 is 1.34 bits per heavy atom. The van der Waals surface area contributed by atoms with Gasteiger partial charge < -0.3 is 19.7 Å². The fraction of sp³-hybridized carbons (Fsp3) is 0.611. The molecule has 0 saturated carbocycles. The van der Waals surface area contributed by atoms with E-state index in [-0.39, 0.29) is 11.7 Å². The summed E-state index contributed by atoms with van der Waals surface area (Å²) >= 11 is 5.77. The van der Waals surface area contributed by atoms with Crippen LogP contribution in [0.2, 0.25) is 5.15 Å². The maximum atomic E-state index is 12.9. The third-order valence-electron chi connectivity index (χ3n) is 4.10. The van der Waals surface area contributed by atoms with E-state index in [1.165, 1.54) is 4.90 Å². The van der Waals surface area contributed by atoms with Gasteiger partial charge in [-0.1, -0.05) is 11.6 Å². The van der Waals surface area contributed by atoms with Crippen molar-refractivity contribution < 1.29 is 32.2 Å². The first-order valence-corrected chi connectivity index (χ1v) is 9.31. The van der Waals surface area contributed by atoms with Crippen LogP contribution >= 0.6 is 11.6 Å². The Balaban J connectivity index is 2.05. The zero-order chi connectivity index (χ0) is 22.0. The maximum Gasteiger partial charge on any atom is 0.417 e. The van der Waals surface area contributed by atoms with Gasteiger partial charge in [-0.2, -0.15) is 13.2 Å². The second kappa shape index (κ2) is 8.74. The fourth-order valence-corrected chi connectivity index (χ4v) is 2.83. The number of piperazine rings is 1. The molecule has 0 aliphatic carbocycles. The Bertz CT molecular complexity index is 768. The first-order chi connectivity index (χ1) is 13.3. The highest BCUT2D eigenvalue weighted by Crippen LogP contribution is 2.31. The van der Waals surface area contributed by atoms with Crippen LogP contribution in [0.1, 0.15) is 43.6 Å². The molecular formula is C18H23ClF3N3O4. The largest absolute Gasteiger partial charge is 0.457 e. The minimum Gasteiger partial charge on any atom is -0.457 e.